The average molecular weight is 317 g/mol. The van der Waals surface area contributed by atoms with Crippen LogP contribution in [0.4, 0.5) is 5.69 Å². The zero-order chi connectivity index (χ0) is 13.4. The Balaban J connectivity index is 2.30. The number of hydrogen-bond acceptors (Lipinski definition) is 3. The van der Waals surface area contributed by atoms with Crippen molar-refractivity contribution in [3.63, 3.8) is 0 Å². The lowest BCUT2D eigenvalue weighted by atomic mass is 10.1. The molecule has 0 fully saturated rings. The molecule has 0 saturated heterocycles. The Hall–Kier alpha value is -1.88. The first-order chi connectivity index (χ1) is 9.20. The highest BCUT2D eigenvalue weighted by Gasteiger charge is 2.13. The van der Waals surface area contributed by atoms with Gasteiger partial charge in [-0.1, -0.05) is 15.9 Å². The van der Waals surface area contributed by atoms with Crippen LogP contribution in [0.5, 0.6) is 0 Å². The highest BCUT2D eigenvalue weighted by atomic mass is 79.9. The van der Waals surface area contributed by atoms with Crippen molar-refractivity contribution in [1.29, 1.82) is 0 Å². The maximum atomic E-state index is 6.10. The van der Waals surface area contributed by atoms with Crippen LogP contribution in [0.25, 0.3) is 22.4 Å². The monoisotopic (exact) mass is 316 g/mol. The molecule has 2 heterocycles. The van der Waals surface area contributed by atoms with Crippen molar-refractivity contribution >= 4 is 32.7 Å². The van der Waals surface area contributed by atoms with Crippen molar-refractivity contribution in [3.8, 4) is 11.4 Å². The quantitative estimate of drug-likeness (QED) is 0.736. The molecule has 19 heavy (non-hydrogen) atoms. The van der Waals surface area contributed by atoms with E-state index >= 15 is 0 Å². The molecule has 5 heteroatoms. The second kappa shape index (κ2) is 4.66. The number of benzene rings is 1. The van der Waals surface area contributed by atoms with E-state index in [0.29, 0.717) is 5.69 Å². The molecular weight excluding hydrogens is 304 g/mol. The van der Waals surface area contributed by atoms with E-state index in [9.17, 15) is 0 Å². The number of imidazole rings is 1. The summed E-state index contributed by atoms with van der Waals surface area (Å²) in [5.41, 5.74) is 9.73. The Kier molecular flexibility index (Phi) is 2.98. The summed E-state index contributed by atoms with van der Waals surface area (Å²) in [5.74, 6) is 0.885. The van der Waals surface area contributed by atoms with Crippen LogP contribution in [0.15, 0.2) is 41.1 Å². The minimum Gasteiger partial charge on any atom is -0.398 e. The number of aryl methyl sites for hydroxylation is 1. The molecule has 0 bridgehead atoms. The first-order valence-electron chi connectivity index (χ1n) is 6.06. The third kappa shape index (κ3) is 2.00. The zero-order valence-corrected chi connectivity index (χ0v) is 12.1. The van der Waals surface area contributed by atoms with Gasteiger partial charge in [0.1, 0.15) is 11.3 Å². The Labute approximate surface area is 119 Å². The molecule has 0 spiro atoms. The van der Waals surface area contributed by atoms with E-state index in [4.69, 9.17) is 5.73 Å². The summed E-state index contributed by atoms with van der Waals surface area (Å²) < 4.78 is 3.12. The molecular formula is C14H13BrN4. The number of aromatic nitrogens is 3. The number of pyridine rings is 1. The lowest BCUT2D eigenvalue weighted by Crippen LogP contribution is -2.00. The summed E-state index contributed by atoms with van der Waals surface area (Å²) in [7, 11) is 0. The minimum absolute atomic E-state index is 0.715. The molecule has 3 rings (SSSR count). The van der Waals surface area contributed by atoms with Crippen LogP contribution in [0.1, 0.15) is 6.92 Å². The smallest absolute Gasteiger partial charge is 0.143 e. The Morgan fingerprint density at radius 2 is 2.16 bits per heavy atom. The van der Waals surface area contributed by atoms with E-state index in [1.807, 2.05) is 24.3 Å². The van der Waals surface area contributed by atoms with Crippen LogP contribution in [0, 0.1) is 0 Å². The normalized spacial score (nSPS) is 11.1. The topological polar surface area (TPSA) is 56.7 Å². The van der Waals surface area contributed by atoms with E-state index in [1.54, 1.807) is 12.4 Å². The van der Waals surface area contributed by atoms with Gasteiger partial charge in [0.15, 0.2) is 0 Å². The third-order valence-corrected chi connectivity index (χ3v) is 3.61. The van der Waals surface area contributed by atoms with E-state index in [-0.39, 0.29) is 0 Å². The Morgan fingerprint density at radius 3 is 2.89 bits per heavy atom. The molecule has 3 aromatic rings. The number of rotatable bonds is 2. The van der Waals surface area contributed by atoms with Gasteiger partial charge in [-0.3, -0.25) is 4.98 Å². The van der Waals surface area contributed by atoms with Gasteiger partial charge < -0.3 is 10.3 Å². The maximum absolute atomic E-state index is 6.10. The van der Waals surface area contributed by atoms with E-state index in [0.717, 1.165) is 33.4 Å². The Bertz CT molecular complexity index is 748. The van der Waals surface area contributed by atoms with Crippen molar-refractivity contribution in [2.45, 2.75) is 13.5 Å². The van der Waals surface area contributed by atoms with Gasteiger partial charge in [0, 0.05) is 28.5 Å². The van der Waals surface area contributed by atoms with Gasteiger partial charge in [0.05, 0.1) is 11.7 Å². The van der Waals surface area contributed by atoms with Gasteiger partial charge in [-0.25, -0.2) is 4.98 Å². The predicted octanol–water partition coefficient (Wildman–Crippen LogP) is 3.46. The average Bonchev–Trinajstić information content (AvgIpc) is 2.76. The maximum Gasteiger partial charge on any atom is 0.143 e. The van der Waals surface area contributed by atoms with Crippen molar-refractivity contribution in [2.75, 3.05) is 5.73 Å². The molecule has 0 amide bonds. The number of nitrogen functional groups attached to an aromatic ring is 1. The standard InChI is InChI=1S/C14H13BrN4/c1-2-19-13-5-6-17-8-12(13)18-14(19)10-4-3-9(15)7-11(10)16/h3-8H,2,16H2,1H3. The van der Waals surface area contributed by atoms with Crippen molar-refractivity contribution in [3.05, 3.63) is 41.1 Å². The minimum atomic E-state index is 0.715. The second-order valence-electron chi connectivity index (χ2n) is 4.28. The number of nitrogens with zero attached hydrogens (tertiary/aromatic N) is 3. The molecule has 1 aromatic carbocycles. The van der Waals surface area contributed by atoms with Gasteiger partial charge in [-0.2, -0.15) is 0 Å². The third-order valence-electron chi connectivity index (χ3n) is 3.12. The Morgan fingerprint density at radius 1 is 1.32 bits per heavy atom. The van der Waals surface area contributed by atoms with Gasteiger partial charge in [-0.15, -0.1) is 0 Å². The van der Waals surface area contributed by atoms with Gasteiger partial charge in [0.25, 0.3) is 0 Å². The SMILES string of the molecule is CCn1c(-c2ccc(Br)cc2N)nc2cnccc21. The number of hydrogen-bond donors (Lipinski definition) is 1. The highest BCUT2D eigenvalue weighted by molar-refractivity contribution is 9.10. The van der Waals surface area contributed by atoms with Crippen molar-refractivity contribution in [1.82, 2.24) is 14.5 Å². The lowest BCUT2D eigenvalue weighted by molar-refractivity contribution is 0.796. The molecule has 0 unspecified atom stereocenters. The van der Waals surface area contributed by atoms with Crippen molar-refractivity contribution in [2.24, 2.45) is 0 Å². The molecule has 96 valence electrons. The van der Waals surface area contributed by atoms with Gasteiger partial charge in [-0.05, 0) is 31.2 Å². The highest BCUT2D eigenvalue weighted by Crippen LogP contribution is 2.30. The zero-order valence-electron chi connectivity index (χ0n) is 10.5. The van der Waals surface area contributed by atoms with E-state index in [1.165, 1.54) is 0 Å². The van der Waals surface area contributed by atoms with Crippen LogP contribution in [0.3, 0.4) is 0 Å². The van der Waals surface area contributed by atoms with Crippen LogP contribution in [-0.4, -0.2) is 14.5 Å². The second-order valence-corrected chi connectivity index (χ2v) is 5.19. The fraction of sp³-hybridized carbons (Fsp3) is 0.143. The van der Waals surface area contributed by atoms with Crippen LogP contribution < -0.4 is 5.73 Å². The van der Waals surface area contributed by atoms with Crippen molar-refractivity contribution < 1.29 is 0 Å². The molecule has 0 saturated carbocycles. The van der Waals surface area contributed by atoms with Crippen LogP contribution in [-0.2, 0) is 6.54 Å². The van der Waals surface area contributed by atoms with E-state index in [2.05, 4.69) is 37.4 Å². The molecule has 0 aliphatic rings. The lowest BCUT2D eigenvalue weighted by Gasteiger charge is -2.08. The summed E-state index contributed by atoms with van der Waals surface area (Å²) >= 11 is 3.42. The number of anilines is 1. The van der Waals surface area contributed by atoms with Crippen LogP contribution >= 0.6 is 15.9 Å². The molecule has 4 nitrogen and oxygen atoms in total. The molecule has 2 aromatic heterocycles. The largest absolute Gasteiger partial charge is 0.398 e. The number of fused-ring (bicyclic) bond motifs is 1. The fourth-order valence-corrected chi connectivity index (χ4v) is 2.62. The molecule has 0 radical (unpaired) electrons. The summed E-state index contributed by atoms with van der Waals surface area (Å²) in [5, 5.41) is 0. The predicted molar refractivity (Wildman–Crippen MR) is 80.8 cm³/mol. The summed E-state index contributed by atoms with van der Waals surface area (Å²) in [6.07, 6.45) is 3.56. The first-order valence-corrected chi connectivity index (χ1v) is 6.85. The van der Waals surface area contributed by atoms with Gasteiger partial charge in [0.2, 0.25) is 0 Å². The fourth-order valence-electron chi connectivity index (χ4n) is 2.24. The van der Waals surface area contributed by atoms with Gasteiger partial charge >= 0.3 is 0 Å². The molecule has 0 aliphatic carbocycles. The summed E-state index contributed by atoms with van der Waals surface area (Å²) in [6, 6.07) is 7.83. The van der Waals surface area contributed by atoms with Crippen LogP contribution in [0.2, 0.25) is 0 Å². The molecule has 2 N–H and O–H groups in total. The molecule has 0 aliphatic heterocycles. The first kappa shape index (κ1) is 12.2. The summed E-state index contributed by atoms with van der Waals surface area (Å²) in [4.78, 5) is 8.77. The summed E-state index contributed by atoms with van der Waals surface area (Å²) in [6.45, 7) is 2.94. The number of nitrogens with two attached hydrogens (primary N) is 1. The molecule has 0 atom stereocenters. The number of halogens is 1. The van der Waals surface area contributed by atoms with E-state index < -0.39 is 0 Å².